The molecule has 1 aromatic carbocycles. The monoisotopic (exact) mass is 441 g/mol. The molecule has 1 aliphatic heterocycles. The van der Waals surface area contributed by atoms with Gasteiger partial charge in [0, 0.05) is 43.7 Å². The van der Waals surface area contributed by atoms with Gasteiger partial charge in [-0.1, -0.05) is 12.1 Å². The molecule has 5 rings (SSSR count). The van der Waals surface area contributed by atoms with Crippen LogP contribution in [0.2, 0.25) is 0 Å². The Morgan fingerprint density at radius 1 is 1.18 bits per heavy atom. The van der Waals surface area contributed by atoms with Crippen molar-refractivity contribution in [1.29, 1.82) is 0 Å². The summed E-state index contributed by atoms with van der Waals surface area (Å²) < 4.78 is 3.72. The highest BCUT2D eigenvalue weighted by Gasteiger charge is 2.17. The number of Topliss-reactive ketones (excluding diaryl/α,β-unsaturated/α-hetero) is 1. The number of hydrogen-bond acceptors (Lipinski definition) is 6. The minimum absolute atomic E-state index is 0.113. The van der Waals surface area contributed by atoms with Crippen LogP contribution in [0.3, 0.4) is 0 Å². The molecule has 4 heterocycles. The first-order chi connectivity index (χ1) is 16.0. The predicted molar refractivity (Wildman–Crippen MR) is 127 cm³/mol. The van der Waals surface area contributed by atoms with Crippen LogP contribution in [-0.4, -0.2) is 35.3 Å². The average Bonchev–Trinajstić information content (AvgIpc) is 3.44. The summed E-state index contributed by atoms with van der Waals surface area (Å²) in [6, 6.07) is 10.1. The van der Waals surface area contributed by atoms with Crippen molar-refractivity contribution < 1.29 is 4.79 Å². The number of carbonyl (C=O) groups excluding carboxylic acids is 1. The Kier molecular flexibility index (Phi) is 5.73. The maximum Gasteiger partial charge on any atom is 0.227 e. The van der Waals surface area contributed by atoms with Gasteiger partial charge in [-0.3, -0.25) is 14.2 Å². The quantitative estimate of drug-likeness (QED) is 0.431. The van der Waals surface area contributed by atoms with E-state index in [9.17, 15) is 4.79 Å². The molecule has 3 aromatic heterocycles. The van der Waals surface area contributed by atoms with E-state index >= 15 is 0 Å². The Morgan fingerprint density at radius 2 is 2.09 bits per heavy atom. The molecule has 0 radical (unpaired) electrons. The summed E-state index contributed by atoms with van der Waals surface area (Å²) in [4.78, 5) is 21.7. The minimum Gasteiger partial charge on any atom is -0.321 e. The SMILES string of the molecule is Cc1cc(-c2ccnc(Nc3cnn(C)c3)n2)ccc1CCC(=O)c1cc2n(n1)CCCC2. The van der Waals surface area contributed by atoms with Crippen LogP contribution in [0, 0.1) is 6.92 Å². The number of ketones is 1. The summed E-state index contributed by atoms with van der Waals surface area (Å²) in [6.07, 6.45) is 9.84. The van der Waals surface area contributed by atoms with Crippen LogP contribution in [0.5, 0.6) is 0 Å². The molecule has 0 bridgehead atoms. The van der Waals surface area contributed by atoms with Crippen molar-refractivity contribution in [1.82, 2.24) is 29.5 Å². The molecule has 0 fully saturated rings. The van der Waals surface area contributed by atoms with E-state index in [0.717, 1.165) is 41.9 Å². The molecule has 4 aromatic rings. The summed E-state index contributed by atoms with van der Waals surface area (Å²) in [5.74, 6) is 0.637. The molecule has 0 saturated carbocycles. The largest absolute Gasteiger partial charge is 0.321 e. The van der Waals surface area contributed by atoms with Crippen molar-refractivity contribution in [2.75, 3.05) is 5.32 Å². The third-order valence-electron chi connectivity index (χ3n) is 6.08. The van der Waals surface area contributed by atoms with E-state index in [1.807, 2.05) is 30.1 Å². The summed E-state index contributed by atoms with van der Waals surface area (Å²) in [6.45, 7) is 3.00. The zero-order valence-corrected chi connectivity index (χ0v) is 19.0. The number of aromatic nitrogens is 6. The van der Waals surface area contributed by atoms with E-state index in [2.05, 4.69) is 50.6 Å². The Bertz CT molecular complexity index is 1280. The summed E-state index contributed by atoms with van der Waals surface area (Å²) in [5, 5.41) is 11.8. The number of fused-ring (bicyclic) bond motifs is 1. The number of aryl methyl sites for hydroxylation is 5. The zero-order chi connectivity index (χ0) is 22.8. The van der Waals surface area contributed by atoms with Crippen LogP contribution in [0.25, 0.3) is 11.3 Å². The first-order valence-electron chi connectivity index (χ1n) is 11.3. The molecule has 0 unspecified atom stereocenters. The van der Waals surface area contributed by atoms with E-state index in [1.54, 1.807) is 17.1 Å². The molecule has 33 heavy (non-hydrogen) atoms. The Labute approximate surface area is 192 Å². The Hall–Kier alpha value is -3.81. The van der Waals surface area contributed by atoms with E-state index in [-0.39, 0.29) is 5.78 Å². The van der Waals surface area contributed by atoms with Crippen molar-refractivity contribution in [2.24, 2.45) is 7.05 Å². The molecule has 1 N–H and O–H groups in total. The molecule has 1 aliphatic rings. The molecule has 8 heteroatoms. The standard InChI is InChI=1S/C25H27N7O/c1-17-13-19(22-10-11-26-25(29-22)28-20-15-27-31(2)16-20)7-6-18(17)8-9-24(33)23-14-21-5-3-4-12-32(21)30-23/h6-7,10-11,13-16H,3-5,8-9,12H2,1-2H3,(H,26,28,29). The number of carbonyl (C=O) groups is 1. The molecule has 0 amide bonds. The van der Waals surface area contributed by atoms with E-state index in [4.69, 9.17) is 0 Å². The van der Waals surface area contributed by atoms with Gasteiger partial charge in [0.15, 0.2) is 5.78 Å². The lowest BCUT2D eigenvalue weighted by Gasteiger charge is -2.11. The van der Waals surface area contributed by atoms with Gasteiger partial charge in [-0.25, -0.2) is 9.97 Å². The first-order valence-corrected chi connectivity index (χ1v) is 11.3. The summed E-state index contributed by atoms with van der Waals surface area (Å²) >= 11 is 0. The maximum atomic E-state index is 12.7. The predicted octanol–water partition coefficient (Wildman–Crippen LogP) is 4.28. The van der Waals surface area contributed by atoms with Gasteiger partial charge < -0.3 is 5.32 Å². The fourth-order valence-corrected chi connectivity index (χ4v) is 4.26. The smallest absolute Gasteiger partial charge is 0.227 e. The number of nitrogens with one attached hydrogen (secondary N) is 1. The van der Waals surface area contributed by atoms with Gasteiger partial charge >= 0.3 is 0 Å². The van der Waals surface area contributed by atoms with E-state index < -0.39 is 0 Å². The summed E-state index contributed by atoms with van der Waals surface area (Å²) in [7, 11) is 1.86. The lowest BCUT2D eigenvalue weighted by Crippen LogP contribution is -2.11. The molecule has 0 aliphatic carbocycles. The van der Waals surface area contributed by atoms with Gasteiger partial charge in [0.1, 0.15) is 5.69 Å². The van der Waals surface area contributed by atoms with Crippen molar-refractivity contribution in [3.8, 4) is 11.3 Å². The van der Waals surface area contributed by atoms with Crippen LogP contribution < -0.4 is 5.32 Å². The van der Waals surface area contributed by atoms with Crippen LogP contribution in [-0.2, 0) is 26.4 Å². The second-order valence-electron chi connectivity index (χ2n) is 8.56. The van der Waals surface area contributed by atoms with Crippen LogP contribution >= 0.6 is 0 Å². The van der Waals surface area contributed by atoms with Crippen molar-refractivity contribution >= 4 is 17.4 Å². The maximum absolute atomic E-state index is 12.7. The van der Waals surface area contributed by atoms with Gasteiger partial charge in [0.05, 0.1) is 17.6 Å². The number of nitrogens with zero attached hydrogens (tertiary/aromatic N) is 6. The third-order valence-corrected chi connectivity index (χ3v) is 6.08. The van der Waals surface area contributed by atoms with Crippen molar-refractivity contribution in [2.45, 2.75) is 45.6 Å². The zero-order valence-electron chi connectivity index (χ0n) is 19.0. The molecule has 0 atom stereocenters. The first kappa shape index (κ1) is 21.1. The van der Waals surface area contributed by atoms with Crippen LogP contribution in [0.4, 0.5) is 11.6 Å². The lowest BCUT2D eigenvalue weighted by atomic mass is 9.98. The molecule has 8 nitrogen and oxygen atoms in total. The number of hydrogen-bond donors (Lipinski definition) is 1. The highest BCUT2D eigenvalue weighted by molar-refractivity contribution is 5.94. The molecule has 168 valence electrons. The molecule has 0 spiro atoms. The highest BCUT2D eigenvalue weighted by atomic mass is 16.1. The van der Waals surface area contributed by atoms with Gasteiger partial charge in [0.25, 0.3) is 0 Å². The lowest BCUT2D eigenvalue weighted by molar-refractivity contribution is 0.0977. The topological polar surface area (TPSA) is 90.5 Å². The van der Waals surface area contributed by atoms with Gasteiger partial charge in [-0.05, 0) is 61.9 Å². The van der Waals surface area contributed by atoms with E-state index in [0.29, 0.717) is 24.5 Å². The fourth-order valence-electron chi connectivity index (χ4n) is 4.26. The van der Waals surface area contributed by atoms with Crippen LogP contribution in [0.1, 0.15) is 46.6 Å². The minimum atomic E-state index is 0.113. The van der Waals surface area contributed by atoms with Gasteiger partial charge in [0.2, 0.25) is 5.95 Å². The average molecular weight is 442 g/mol. The molecule has 0 saturated heterocycles. The molecular weight excluding hydrogens is 414 g/mol. The highest BCUT2D eigenvalue weighted by Crippen LogP contribution is 2.24. The fraction of sp³-hybridized carbons (Fsp3) is 0.320. The van der Waals surface area contributed by atoms with Gasteiger partial charge in [-0.15, -0.1) is 0 Å². The normalized spacial score (nSPS) is 13.0. The van der Waals surface area contributed by atoms with Gasteiger partial charge in [-0.2, -0.15) is 10.2 Å². The second kappa shape index (κ2) is 8.97. The van der Waals surface area contributed by atoms with E-state index in [1.165, 1.54) is 17.7 Å². The number of rotatable bonds is 7. The Balaban J connectivity index is 1.26. The van der Waals surface area contributed by atoms with Crippen molar-refractivity contribution in [3.05, 3.63) is 71.4 Å². The van der Waals surface area contributed by atoms with Crippen LogP contribution in [0.15, 0.2) is 48.9 Å². The number of benzene rings is 1. The summed E-state index contributed by atoms with van der Waals surface area (Å²) in [5.41, 5.74) is 6.79. The Morgan fingerprint density at radius 3 is 2.88 bits per heavy atom. The number of anilines is 2. The second-order valence-corrected chi connectivity index (χ2v) is 8.56. The third kappa shape index (κ3) is 4.69. The van der Waals surface area contributed by atoms with Crippen molar-refractivity contribution in [3.63, 3.8) is 0 Å². The molecular formula is C25H27N7O.